The average Bonchev–Trinajstić information content (AvgIpc) is 2.75. The topological polar surface area (TPSA) is 49.6 Å². The Hall–Kier alpha value is -0.770. The Morgan fingerprint density at radius 3 is 2.46 bits per heavy atom. The number of urea groups is 1. The van der Waals surface area contributed by atoms with E-state index < -0.39 is 0 Å². The van der Waals surface area contributed by atoms with Gasteiger partial charge in [-0.25, -0.2) is 4.79 Å². The van der Waals surface area contributed by atoms with E-state index in [0.29, 0.717) is 6.04 Å². The number of likely N-dealkylation sites (tertiary alicyclic amines) is 2. The number of primary amides is 1. The first-order valence-electron chi connectivity index (χ1n) is 5.06. The molecule has 0 aliphatic carbocycles. The van der Waals surface area contributed by atoms with Gasteiger partial charge < -0.3 is 10.6 Å². The standard InChI is InChI=1S/C9H17N3O/c10-9(13)12-6-3-8(7-12)11-4-1-2-5-11/h8H,1-7H2,(H2,10,13). The second kappa shape index (κ2) is 3.54. The fourth-order valence-electron chi connectivity index (χ4n) is 2.35. The minimum Gasteiger partial charge on any atom is -0.351 e. The molecule has 2 fully saturated rings. The van der Waals surface area contributed by atoms with Crippen molar-refractivity contribution >= 4 is 6.03 Å². The largest absolute Gasteiger partial charge is 0.351 e. The van der Waals surface area contributed by atoms with E-state index in [-0.39, 0.29) is 6.03 Å². The van der Waals surface area contributed by atoms with E-state index in [0.717, 1.165) is 19.5 Å². The van der Waals surface area contributed by atoms with Crippen molar-refractivity contribution in [2.24, 2.45) is 5.73 Å². The summed E-state index contributed by atoms with van der Waals surface area (Å²) >= 11 is 0. The molecule has 0 aromatic rings. The van der Waals surface area contributed by atoms with Gasteiger partial charge in [0.25, 0.3) is 0 Å². The average molecular weight is 183 g/mol. The molecule has 0 aromatic carbocycles. The molecule has 2 N–H and O–H groups in total. The van der Waals surface area contributed by atoms with Crippen molar-refractivity contribution in [1.82, 2.24) is 9.80 Å². The van der Waals surface area contributed by atoms with Crippen molar-refractivity contribution in [3.63, 3.8) is 0 Å². The van der Waals surface area contributed by atoms with Crippen LogP contribution >= 0.6 is 0 Å². The van der Waals surface area contributed by atoms with Crippen LogP contribution in [-0.2, 0) is 0 Å². The maximum atomic E-state index is 10.9. The second-order valence-corrected chi connectivity index (χ2v) is 3.97. The maximum Gasteiger partial charge on any atom is 0.314 e. The van der Waals surface area contributed by atoms with Gasteiger partial charge in [-0.1, -0.05) is 0 Å². The molecule has 0 aromatic heterocycles. The van der Waals surface area contributed by atoms with Gasteiger partial charge in [-0.3, -0.25) is 4.90 Å². The second-order valence-electron chi connectivity index (χ2n) is 3.97. The van der Waals surface area contributed by atoms with E-state index in [1.807, 2.05) is 0 Å². The van der Waals surface area contributed by atoms with E-state index in [1.54, 1.807) is 4.90 Å². The molecule has 4 heteroatoms. The molecule has 0 spiro atoms. The number of hydrogen-bond acceptors (Lipinski definition) is 2. The van der Waals surface area contributed by atoms with E-state index in [9.17, 15) is 4.79 Å². The van der Waals surface area contributed by atoms with Crippen molar-refractivity contribution in [2.45, 2.75) is 25.3 Å². The first-order valence-corrected chi connectivity index (χ1v) is 5.06. The molecule has 1 atom stereocenters. The number of carbonyl (C=O) groups is 1. The molecule has 1 unspecified atom stereocenters. The Kier molecular flexibility index (Phi) is 2.40. The highest BCUT2D eigenvalue weighted by Gasteiger charge is 2.30. The smallest absolute Gasteiger partial charge is 0.314 e. The molecular weight excluding hydrogens is 166 g/mol. The molecule has 74 valence electrons. The van der Waals surface area contributed by atoms with Gasteiger partial charge in [-0.2, -0.15) is 0 Å². The first-order chi connectivity index (χ1) is 6.27. The number of hydrogen-bond donors (Lipinski definition) is 1. The molecule has 0 radical (unpaired) electrons. The van der Waals surface area contributed by atoms with Crippen molar-refractivity contribution in [3.05, 3.63) is 0 Å². The fourth-order valence-corrected chi connectivity index (χ4v) is 2.35. The lowest BCUT2D eigenvalue weighted by Crippen LogP contribution is -2.39. The van der Waals surface area contributed by atoms with E-state index in [4.69, 9.17) is 5.73 Å². The van der Waals surface area contributed by atoms with Gasteiger partial charge >= 0.3 is 6.03 Å². The maximum absolute atomic E-state index is 10.9. The summed E-state index contributed by atoms with van der Waals surface area (Å²) in [5.41, 5.74) is 5.23. The summed E-state index contributed by atoms with van der Waals surface area (Å²) in [6, 6.07) is 0.316. The van der Waals surface area contributed by atoms with Gasteiger partial charge in [0.05, 0.1) is 0 Å². The van der Waals surface area contributed by atoms with Crippen LogP contribution in [0.25, 0.3) is 0 Å². The van der Waals surface area contributed by atoms with Crippen molar-refractivity contribution in [3.8, 4) is 0 Å². The number of nitrogens with zero attached hydrogens (tertiary/aromatic N) is 2. The summed E-state index contributed by atoms with van der Waals surface area (Å²) in [5.74, 6) is 0. The summed E-state index contributed by atoms with van der Waals surface area (Å²) in [6.45, 7) is 4.10. The predicted molar refractivity (Wildman–Crippen MR) is 50.4 cm³/mol. The predicted octanol–water partition coefficient (Wildman–Crippen LogP) is 0.235. The summed E-state index contributed by atoms with van der Waals surface area (Å²) in [4.78, 5) is 15.1. The van der Waals surface area contributed by atoms with Gasteiger partial charge in [0.15, 0.2) is 0 Å². The number of amides is 2. The lowest BCUT2D eigenvalue weighted by atomic mass is 10.2. The lowest BCUT2D eigenvalue weighted by Gasteiger charge is -2.22. The van der Waals surface area contributed by atoms with Crippen LogP contribution in [0.5, 0.6) is 0 Å². The first kappa shape index (κ1) is 8.81. The van der Waals surface area contributed by atoms with Crippen molar-refractivity contribution < 1.29 is 4.79 Å². The molecular formula is C9H17N3O. The Balaban J connectivity index is 1.86. The number of rotatable bonds is 1. The third-order valence-electron chi connectivity index (χ3n) is 3.13. The highest BCUT2D eigenvalue weighted by molar-refractivity contribution is 5.72. The third kappa shape index (κ3) is 1.77. The van der Waals surface area contributed by atoms with Gasteiger partial charge in [0, 0.05) is 19.1 Å². The Morgan fingerprint density at radius 1 is 1.23 bits per heavy atom. The van der Waals surface area contributed by atoms with Crippen LogP contribution in [-0.4, -0.2) is 48.1 Å². The zero-order valence-electron chi connectivity index (χ0n) is 7.91. The number of nitrogens with two attached hydrogens (primary N) is 1. The van der Waals surface area contributed by atoms with E-state index in [2.05, 4.69) is 4.90 Å². The van der Waals surface area contributed by atoms with E-state index in [1.165, 1.54) is 25.9 Å². The normalized spacial score (nSPS) is 29.8. The van der Waals surface area contributed by atoms with Crippen LogP contribution in [0.1, 0.15) is 19.3 Å². The van der Waals surface area contributed by atoms with Gasteiger partial charge in [-0.15, -0.1) is 0 Å². The summed E-state index contributed by atoms with van der Waals surface area (Å²) < 4.78 is 0. The minimum atomic E-state index is -0.262. The highest BCUT2D eigenvalue weighted by Crippen LogP contribution is 2.19. The molecule has 2 saturated heterocycles. The van der Waals surface area contributed by atoms with Gasteiger partial charge in [-0.05, 0) is 32.4 Å². The Morgan fingerprint density at radius 2 is 1.92 bits per heavy atom. The molecule has 2 rings (SSSR count). The minimum absolute atomic E-state index is 0.262. The Labute approximate surface area is 78.7 Å². The highest BCUT2D eigenvalue weighted by atomic mass is 16.2. The van der Waals surface area contributed by atoms with Crippen LogP contribution in [0.15, 0.2) is 0 Å². The zero-order chi connectivity index (χ0) is 9.26. The van der Waals surface area contributed by atoms with Crippen molar-refractivity contribution in [2.75, 3.05) is 26.2 Å². The quantitative estimate of drug-likeness (QED) is 0.633. The van der Waals surface area contributed by atoms with E-state index >= 15 is 0 Å². The summed E-state index contributed by atoms with van der Waals surface area (Å²) in [6.07, 6.45) is 3.73. The molecule has 13 heavy (non-hydrogen) atoms. The molecule has 0 saturated carbocycles. The van der Waals surface area contributed by atoms with Crippen LogP contribution in [0.2, 0.25) is 0 Å². The summed E-state index contributed by atoms with van der Waals surface area (Å²) in [7, 11) is 0. The SMILES string of the molecule is NC(=O)N1CCC(N2CCCC2)C1. The van der Waals surface area contributed by atoms with Crippen LogP contribution in [0, 0.1) is 0 Å². The third-order valence-corrected chi connectivity index (χ3v) is 3.13. The van der Waals surface area contributed by atoms with Gasteiger partial charge in [0.1, 0.15) is 0 Å². The van der Waals surface area contributed by atoms with Crippen molar-refractivity contribution in [1.29, 1.82) is 0 Å². The number of carbonyl (C=O) groups excluding carboxylic acids is 1. The molecule has 0 bridgehead atoms. The summed E-state index contributed by atoms with van der Waals surface area (Å²) in [5, 5.41) is 0. The van der Waals surface area contributed by atoms with Crippen LogP contribution in [0.4, 0.5) is 4.79 Å². The molecule has 2 aliphatic heterocycles. The fraction of sp³-hybridized carbons (Fsp3) is 0.889. The molecule has 4 nitrogen and oxygen atoms in total. The monoisotopic (exact) mass is 183 g/mol. The lowest BCUT2D eigenvalue weighted by molar-refractivity contribution is 0.207. The Bertz CT molecular complexity index is 201. The van der Waals surface area contributed by atoms with Crippen LogP contribution in [0.3, 0.4) is 0 Å². The zero-order valence-corrected chi connectivity index (χ0v) is 7.91. The molecule has 2 amide bonds. The molecule has 2 aliphatic rings. The van der Waals surface area contributed by atoms with Gasteiger partial charge in [0.2, 0.25) is 0 Å². The van der Waals surface area contributed by atoms with Crippen LogP contribution < -0.4 is 5.73 Å². The molecule has 2 heterocycles.